The van der Waals surface area contributed by atoms with Crippen molar-refractivity contribution >= 4 is 29.0 Å². The summed E-state index contributed by atoms with van der Waals surface area (Å²) in [6, 6.07) is 12.7. The summed E-state index contributed by atoms with van der Waals surface area (Å²) in [5, 5.41) is 21.4. The van der Waals surface area contributed by atoms with Crippen LogP contribution in [0, 0.1) is 10.1 Å². The molecule has 11 heteroatoms. The molecule has 0 radical (unpaired) electrons. The van der Waals surface area contributed by atoms with Crippen molar-refractivity contribution in [3.8, 4) is 5.75 Å². The molecule has 0 aliphatic heterocycles. The summed E-state index contributed by atoms with van der Waals surface area (Å²) in [5.41, 5.74) is 1.14. The fraction of sp³-hybridized carbons (Fsp3) is 0.158. The Labute approximate surface area is 174 Å². The predicted molar refractivity (Wildman–Crippen MR) is 111 cm³/mol. The molecule has 0 unspecified atom stereocenters. The number of aromatic amines is 1. The summed E-state index contributed by atoms with van der Waals surface area (Å²) in [4.78, 5) is 37.0. The quantitative estimate of drug-likeness (QED) is 0.317. The molecular formula is C19H17N5O5S. The van der Waals surface area contributed by atoms with Crippen LogP contribution >= 0.6 is 11.8 Å². The first kappa shape index (κ1) is 21.0. The molecular weight excluding hydrogens is 410 g/mol. The van der Waals surface area contributed by atoms with E-state index in [2.05, 4.69) is 20.5 Å². The molecule has 2 N–H and O–H groups in total. The standard InChI is InChI=1S/C19H17N5O5S/c1-29-15-8-2-12(3-9-15)10-16-18(26)21-19(23-22-16)30-11-17(25)20-13-4-6-14(7-5-13)24(27)28/h2-9H,10-11H2,1H3,(H,20,25)(H,21,23,26). The lowest BCUT2D eigenvalue weighted by molar-refractivity contribution is -0.384. The van der Waals surface area contributed by atoms with Crippen LogP contribution in [0.5, 0.6) is 5.75 Å². The van der Waals surface area contributed by atoms with Crippen molar-refractivity contribution in [2.75, 3.05) is 18.2 Å². The molecule has 2 aromatic carbocycles. The highest BCUT2D eigenvalue weighted by Gasteiger charge is 2.10. The summed E-state index contributed by atoms with van der Waals surface area (Å²) in [5.74, 6) is 0.357. The number of nitrogens with zero attached hydrogens (tertiary/aromatic N) is 3. The molecule has 3 aromatic rings. The van der Waals surface area contributed by atoms with Gasteiger partial charge >= 0.3 is 0 Å². The number of hydrogen-bond acceptors (Lipinski definition) is 8. The van der Waals surface area contributed by atoms with Crippen LogP contribution in [0.25, 0.3) is 0 Å². The normalized spacial score (nSPS) is 10.4. The van der Waals surface area contributed by atoms with E-state index in [4.69, 9.17) is 4.74 Å². The first-order valence-electron chi connectivity index (χ1n) is 8.70. The lowest BCUT2D eigenvalue weighted by Gasteiger charge is -2.05. The number of nitro groups is 1. The van der Waals surface area contributed by atoms with E-state index in [0.717, 1.165) is 23.1 Å². The van der Waals surface area contributed by atoms with E-state index in [0.29, 0.717) is 12.1 Å². The number of benzene rings is 2. The number of carbonyl (C=O) groups is 1. The van der Waals surface area contributed by atoms with Gasteiger partial charge in [0.1, 0.15) is 11.4 Å². The molecule has 3 rings (SSSR count). The fourth-order valence-electron chi connectivity index (χ4n) is 2.46. The lowest BCUT2D eigenvalue weighted by Crippen LogP contribution is -2.19. The van der Waals surface area contributed by atoms with Gasteiger partial charge in [-0.3, -0.25) is 24.7 Å². The molecule has 0 fully saturated rings. The maximum atomic E-state index is 12.2. The first-order chi connectivity index (χ1) is 14.4. The maximum Gasteiger partial charge on any atom is 0.273 e. The molecule has 10 nitrogen and oxygen atoms in total. The Kier molecular flexibility index (Phi) is 6.75. The van der Waals surface area contributed by atoms with Gasteiger partial charge in [0.15, 0.2) is 5.16 Å². The van der Waals surface area contributed by atoms with E-state index >= 15 is 0 Å². The van der Waals surface area contributed by atoms with E-state index in [1.807, 2.05) is 12.1 Å². The Hall–Kier alpha value is -3.73. The monoisotopic (exact) mass is 427 g/mol. The zero-order chi connectivity index (χ0) is 21.5. The van der Waals surface area contributed by atoms with Crippen molar-refractivity contribution < 1.29 is 14.5 Å². The van der Waals surface area contributed by atoms with Crippen molar-refractivity contribution in [2.45, 2.75) is 11.6 Å². The number of hydrogen-bond donors (Lipinski definition) is 2. The van der Waals surface area contributed by atoms with E-state index in [1.165, 1.54) is 24.3 Å². The lowest BCUT2D eigenvalue weighted by atomic mass is 10.1. The van der Waals surface area contributed by atoms with Gasteiger partial charge < -0.3 is 10.1 Å². The number of nitro benzene ring substituents is 1. The van der Waals surface area contributed by atoms with E-state index < -0.39 is 4.92 Å². The molecule has 1 heterocycles. The number of non-ortho nitro benzene ring substituents is 1. The summed E-state index contributed by atoms with van der Waals surface area (Å²) in [7, 11) is 1.58. The van der Waals surface area contributed by atoms with Crippen LogP contribution in [-0.2, 0) is 11.2 Å². The van der Waals surface area contributed by atoms with Gasteiger partial charge in [-0.1, -0.05) is 23.9 Å². The number of anilines is 1. The van der Waals surface area contributed by atoms with Crippen LogP contribution in [0.4, 0.5) is 11.4 Å². The van der Waals surface area contributed by atoms with Crippen LogP contribution in [-0.4, -0.2) is 38.9 Å². The number of H-pyrrole nitrogens is 1. The maximum absolute atomic E-state index is 12.2. The average Bonchev–Trinajstić information content (AvgIpc) is 2.75. The van der Waals surface area contributed by atoms with Gasteiger partial charge in [0.25, 0.3) is 11.2 Å². The van der Waals surface area contributed by atoms with Gasteiger partial charge in [-0.15, -0.1) is 10.2 Å². The SMILES string of the molecule is COc1ccc(Cc2nnc(SCC(=O)Nc3ccc([N+](=O)[O-])cc3)[nH]c2=O)cc1. The van der Waals surface area contributed by atoms with Crippen molar-refractivity contribution in [1.29, 1.82) is 0 Å². The number of rotatable bonds is 8. The van der Waals surface area contributed by atoms with Gasteiger partial charge in [-0.05, 0) is 29.8 Å². The Balaban J connectivity index is 1.55. The van der Waals surface area contributed by atoms with E-state index in [9.17, 15) is 19.7 Å². The molecule has 0 atom stereocenters. The third kappa shape index (κ3) is 5.64. The average molecular weight is 427 g/mol. The fourth-order valence-corrected chi connectivity index (χ4v) is 3.06. The zero-order valence-electron chi connectivity index (χ0n) is 15.8. The summed E-state index contributed by atoms with van der Waals surface area (Å²) in [6.45, 7) is 0. The van der Waals surface area contributed by atoms with Crippen LogP contribution in [0.2, 0.25) is 0 Å². The summed E-state index contributed by atoms with van der Waals surface area (Å²) >= 11 is 1.02. The highest BCUT2D eigenvalue weighted by Crippen LogP contribution is 2.17. The van der Waals surface area contributed by atoms with Crippen molar-refractivity contribution in [1.82, 2.24) is 15.2 Å². The van der Waals surface area contributed by atoms with Gasteiger partial charge in [-0.25, -0.2) is 0 Å². The Morgan fingerprint density at radius 2 is 1.87 bits per heavy atom. The van der Waals surface area contributed by atoms with Gasteiger partial charge in [-0.2, -0.15) is 0 Å². The zero-order valence-corrected chi connectivity index (χ0v) is 16.6. The second kappa shape index (κ2) is 9.65. The summed E-state index contributed by atoms with van der Waals surface area (Å²) in [6.07, 6.45) is 0.317. The topological polar surface area (TPSA) is 140 Å². The number of methoxy groups -OCH3 is 1. The van der Waals surface area contributed by atoms with Gasteiger partial charge in [0.2, 0.25) is 5.91 Å². The first-order valence-corrected chi connectivity index (χ1v) is 9.69. The van der Waals surface area contributed by atoms with Crippen molar-refractivity contribution in [3.63, 3.8) is 0 Å². The molecule has 0 bridgehead atoms. The largest absolute Gasteiger partial charge is 0.497 e. The molecule has 1 aromatic heterocycles. The summed E-state index contributed by atoms with van der Waals surface area (Å²) < 4.78 is 5.10. The van der Waals surface area contributed by atoms with Crippen LogP contribution in [0.15, 0.2) is 58.5 Å². The van der Waals surface area contributed by atoms with E-state index in [1.54, 1.807) is 19.2 Å². The van der Waals surface area contributed by atoms with Crippen molar-refractivity contribution in [2.24, 2.45) is 0 Å². The number of aromatic nitrogens is 3. The van der Waals surface area contributed by atoms with Crippen LogP contribution < -0.4 is 15.6 Å². The van der Waals surface area contributed by atoms with Gasteiger partial charge in [0, 0.05) is 24.2 Å². The van der Waals surface area contributed by atoms with Crippen LogP contribution in [0.3, 0.4) is 0 Å². The second-order valence-electron chi connectivity index (χ2n) is 6.07. The number of amides is 1. The molecule has 1 amide bonds. The number of ether oxygens (including phenoxy) is 1. The third-order valence-corrected chi connectivity index (χ3v) is 4.84. The van der Waals surface area contributed by atoms with E-state index in [-0.39, 0.29) is 33.8 Å². The molecule has 0 spiro atoms. The molecule has 0 aliphatic rings. The van der Waals surface area contributed by atoms with Crippen LogP contribution in [0.1, 0.15) is 11.3 Å². The molecule has 30 heavy (non-hydrogen) atoms. The molecule has 0 saturated carbocycles. The minimum Gasteiger partial charge on any atom is -0.497 e. The highest BCUT2D eigenvalue weighted by atomic mass is 32.2. The predicted octanol–water partition coefficient (Wildman–Crippen LogP) is 2.40. The number of nitrogens with one attached hydrogen (secondary N) is 2. The second-order valence-corrected chi connectivity index (χ2v) is 7.04. The Morgan fingerprint density at radius 1 is 1.17 bits per heavy atom. The van der Waals surface area contributed by atoms with Gasteiger partial charge in [0.05, 0.1) is 17.8 Å². The highest BCUT2D eigenvalue weighted by molar-refractivity contribution is 7.99. The molecule has 154 valence electrons. The number of carbonyl (C=O) groups excluding carboxylic acids is 1. The van der Waals surface area contributed by atoms with Crippen molar-refractivity contribution in [3.05, 3.63) is 80.3 Å². The molecule has 0 saturated heterocycles. The minimum absolute atomic E-state index is 0.0145. The number of thioether (sulfide) groups is 1. The minimum atomic E-state index is -0.519. The Morgan fingerprint density at radius 3 is 2.47 bits per heavy atom. The smallest absolute Gasteiger partial charge is 0.273 e. The molecule has 0 aliphatic carbocycles. The third-order valence-electron chi connectivity index (χ3n) is 3.98. The Bertz CT molecular complexity index is 1100.